The highest BCUT2D eigenvalue weighted by atomic mass is 32.1. The molecule has 1 aromatic carbocycles. The average Bonchev–Trinajstić information content (AvgIpc) is 3.10. The predicted molar refractivity (Wildman–Crippen MR) is 108 cm³/mol. The van der Waals surface area contributed by atoms with Crippen LogP contribution in [0.15, 0.2) is 30.6 Å². The maximum Gasteiger partial charge on any atom is 0.322 e. The minimum Gasteiger partial charge on any atom is -0.480 e. The van der Waals surface area contributed by atoms with Gasteiger partial charge in [0.1, 0.15) is 23.5 Å². The molecule has 3 N–H and O–H groups in total. The fourth-order valence-corrected chi connectivity index (χ4v) is 4.67. The van der Waals surface area contributed by atoms with Crippen LogP contribution < -0.4 is 10.6 Å². The van der Waals surface area contributed by atoms with Gasteiger partial charge >= 0.3 is 5.97 Å². The van der Waals surface area contributed by atoms with E-state index in [1.807, 2.05) is 12.1 Å². The highest BCUT2D eigenvalue weighted by Crippen LogP contribution is 2.38. The molecule has 28 heavy (non-hydrogen) atoms. The van der Waals surface area contributed by atoms with Crippen molar-refractivity contribution in [2.24, 2.45) is 0 Å². The highest BCUT2D eigenvalue weighted by molar-refractivity contribution is 7.19. The Labute approximate surface area is 165 Å². The van der Waals surface area contributed by atoms with E-state index in [0.717, 1.165) is 34.4 Å². The van der Waals surface area contributed by atoms with Crippen LogP contribution in [0.25, 0.3) is 10.2 Å². The zero-order valence-corrected chi connectivity index (χ0v) is 16.0. The van der Waals surface area contributed by atoms with E-state index >= 15 is 0 Å². The number of aromatic nitrogens is 2. The van der Waals surface area contributed by atoms with Crippen molar-refractivity contribution in [1.29, 1.82) is 0 Å². The molecule has 1 aliphatic rings. The summed E-state index contributed by atoms with van der Waals surface area (Å²) in [7, 11) is 0. The van der Waals surface area contributed by atoms with E-state index in [-0.39, 0.29) is 0 Å². The number of thiophene rings is 1. The number of nitrogens with one attached hydrogen (secondary N) is 2. The van der Waals surface area contributed by atoms with Gasteiger partial charge in [-0.1, -0.05) is 12.1 Å². The molecule has 0 atom stereocenters. The van der Waals surface area contributed by atoms with Crippen molar-refractivity contribution in [2.75, 3.05) is 11.9 Å². The number of nitrogens with zero attached hydrogens (tertiary/aromatic N) is 2. The van der Waals surface area contributed by atoms with Crippen LogP contribution in [-0.4, -0.2) is 33.5 Å². The first kappa shape index (κ1) is 18.4. The molecule has 0 radical (unpaired) electrons. The zero-order valence-electron chi connectivity index (χ0n) is 15.2. The molecule has 7 nitrogen and oxygen atoms in total. The molecule has 0 spiro atoms. The lowest BCUT2D eigenvalue weighted by atomic mass is 9.97. The molecule has 3 aromatic rings. The quantitative estimate of drug-likeness (QED) is 0.592. The molecular weight excluding hydrogens is 376 g/mol. The van der Waals surface area contributed by atoms with E-state index in [0.29, 0.717) is 12.1 Å². The fourth-order valence-electron chi connectivity index (χ4n) is 3.44. The van der Waals surface area contributed by atoms with Gasteiger partial charge in [0.15, 0.2) is 0 Å². The summed E-state index contributed by atoms with van der Waals surface area (Å²) in [4.78, 5) is 33.8. The molecule has 2 aromatic heterocycles. The first-order chi connectivity index (χ1) is 13.6. The van der Waals surface area contributed by atoms with E-state index in [1.165, 1.54) is 23.3 Å². The molecule has 0 bridgehead atoms. The topological polar surface area (TPSA) is 104 Å². The minimum atomic E-state index is -1.07. The summed E-state index contributed by atoms with van der Waals surface area (Å²) in [6, 6.07) is 7.08. The predicted octanol–water partition coefficient (Wildman–Crippen LogP) is 3.00. The first-order valence-corrected chi connectivity index (χ1v) is 10.0. The maximum absolute atomic E-state index is 11.9. The summed E-state index contributed by atoms with van der Waals surface area (Å²) in [6.07, 6.45) is 6.25. The number of rotatable bonds is 6. The van der Waals surface area contributed by atoms with Gasteiger partial charge in [0, 0.05) is 17.0 Å². The van der Waals surface area contributed by atoms with Crippen molar-refractivity contribution in [3.8, 4) is 0 Å². The Kier molecular flexibility index (Phi) is 5.21. The lowest BCUT2D eigenvalue weighted by Crippen LogP contribution is -2.29. The van der Waals surface area contributed by atoms with Gasteiger partial charge in [-0.15, -0.1) is 11.3 Å². The molecular formula is C20H20N4O3S. The third-order valence-corrected chi connectivity index (χ3v) is 6.03. The summed E-state index contributed by atoms with van der Waals surface area (Å²) in [5.74, 6) is -0.613. The standard InChI is InChI=1S/C20H20N4O3S/c25-16(26)10-22-19(27)13-7-5-12(6-8-13)9-21-18-17-14-3-1-2-4-15(14)28-20(17)24-11-23-18/h5-8,11H,1-4,9-10H2,(H,22,27)(H,25,26)(H,21,23,24). The molecule has 4 rings (SSSR count). The SMILES string of the molecule is O=C(O)CNC(=O)c1ccc(CNc2ncnc3sc4c(c23)CCCC4)cc1. The summed E-state index contributed by atoms with van der Waals surface area (Å²) < 4.78 is 0. The normalized spacial score (nSPS) is 13.1. The van der Waals surface area contributed by atoms with Crippen molar-refractivity contribution in [2.45, 2.75) is 32.2 Å². The van der Waals surface area contributed by atoms with E-state index in [9.17, 15) is 9.59 Å². The van der Waals surface area contributed by atoms with Gasteiger partial charge in [-0.05, 0) is 48.9 Å². The van der Waals surface area contributed by atoms with Crippen molar-refractivity contribution < 1.29 is 14.7 Å². The van der Waals surface area contributed by atoms with Crippen LogP contribution in [0, 0.1) is 0 Å². The van der Waals surface area contributed by atoms with Crippen molar-refractivity contribution in [3.63, 3.8) is 0 Å². The molecule has 0 saturated heterocycles. The minimum absolute atomic E-state index is 0.392. The molecule has 1 aliphatic carbocycles. The molecule has 1 amide bonds. The average molecular weight is 396 g/mol. The fraction of sp³-hybridized carbons (Fsp3) is 0.300. The Morgan fingerprint density at radius 2 is 1.89 bits per heavy atom. The first-order valence-electron chi connectivity index (χ1n) is 9.20. The zero-order chi connectivity index (χ0) is 19.5. The van der Waals surface area contributed by atoms with E-state index < -0.39 is 18.4 Å². The maximum atomic E-state index is 11.9. The smallest absolute Gasteiger partial charge is 0.322 e. The number of carboxylic acid groups (broad SMARTS) is 1. The second-order valence-corrected chi connectivity index (χ2v) is 7.82. The number of carboxylic acids is 1. The number of fused-ring (bicyclic) bond motifs is 3. The van der Waals surface area contributed by atoms with Crippen LogP contribution in [0.5, 0.6) is 0 Å². The third-order valence-electron chi connectivity index (χ3n) is 4.83. The number of carbonyl (C=O) groups excluding carboxylic acids is 1. The lowest BCUT2D eigenvalue weighted by molar-refractivity contribution is -0.135. The monoisotopic (exact) mass is 396 g/mol. The summed E-state index contributed by atoms with van der Waals surface area (Å²) in [6.45, 7) is 0.185. The number of carbonyl (C=O) groups is 2. The highest BCUT2D eigenvalue weighted by Gasteiger charge is 2.19. The van der Waals surface area contributed by atoms with Crippen LogP contribution in [0.3, 0.4) is 0 Å². The Morgan fingerprint density at radius 1 is 1.11 bits per heavy atom. The van der Waals surface area contributed by atoms with E-state index in [4.69, 9.17) is 5.11 Å². The van der Waals surface area contributed by atoms with Crippen LogP contribution >= 0.6 is 11.3 Å². The van der Waals surface area contributed by atoms with Gasteiger partial charge in [-0.25, -0.2) is 9.97 Å². The van der Waals surface area contributed by atoms with Gasteiger partial charge in [0.2, 0.25) is 0 Å². The molecule has 0 fully saturated rings. The van der Waals surface area contributed by atoms with Crippen molar-refractivity contribution >= 4 is 39.2 Å². The van der Waals surface area contributed by atoms with Crippen LogP contribution in [-0.2, 0) is 24.2 Å². The number of amides is 1. The number of anilines is 1. The number of hydrogen-bond donors (Lipinski definition) is 3. The summed E-state index contributed by atoms with van der Waals surface area (Å²) in [5.41, 5.74) is 2.83. The van der Waals surface area contributed by atoms with Crippen LogP contribution in [0.4, 0.5) is 5.82 Å². The molecule has 8 heteroatoms. The molecule has 144 valence electrons. The molecule has 0 aliphatic heterocycles. The van der Waals surface area contributed by atoms with Gasteiger partial charge in [-0.2, -0.15) is 0 Å². The van der Waals surface area contributed by atoms with Crippen molar-refractivity contribution in [3.05, 3.63) is 52.2 Å². The third kappa shape index (κ3) is 3.82. The Hall–Kier alpha value is -3.00. The van der Waals surface area contributed by atoms with Crippen LogP contribution in [0.2, 0.25) is 0 Å². The molecule has 0 unspecified atom stereocenters. The van der Waals surface area contributed by atoms with Gasteiger partial charge in [-0.3, -0.25) is 9.59 Å². The van der Waals surface area contributed by atoms with Crippen LogP contribution in [0.1, 0.15) is 39.2 Å². The number of aryl methyl sites for hydroxylation is 2. The van der Waals surface area contributed by atoms with Gasteiger partial charge < -0.3 is 15.7 Å². The molecule has 0 saturated carbocycles. The summed E-state index contributed by atoms with van der Waals surface area (Å²) in [5, 5.41) is 15.5. The second-order valence-electron chi connectivity index (χ2n) is 6.74. The Bertz CT molecular complexity index is 1030. The largest absolute Gasteiger partial charge is 0.480 e. The second kappa shape index (κ2) is 7.93. The van der Waals surface area contributed by atoms with Gasteiger partial charge in [0.05, 0.1) is 5.39 Å². The number of hydrogen-bond acceptors (Lipinski definition) is 6. The lowest BCUT2D eigenvalue weighted by Gasteiger charge is -2.12. The van der Waals surface area contributed by atoms with E-state index in [2.05, 4.69) is 20.6 Å². The van der Waals surface area contributed by atoms with E-state index in [1.54, 1.807) is 29.8 Å². The van der Waals surface area contributed by atoms with Gasteiger partial charge in [0.25, 0.3) is 5.91 Å². The Balaban J connectivity index is 1.47. The number of benzene rings is 1. The molecule has 2 heterocycles. The van der Waals surface area contributed by atoms with Crippen molar-refractivity contribution in [1.82, 2.24) is 15.3 Å². The number of aliphatic carboxylic acids is 1. The Morgan fingerprint density at radius 3 is 2.68 bits per heavy atom. The summed E-state index contributed by atoms with van der Waals surface area (Å²) >= 11 is 1.77.